The highest BCUT2D eigenvalue weighted by atomic mass is 32.1. The van der Waals surface area contributed by atoms with Gasteiger partial charge in [-0.15, -0.1) is 0 Å². The van der Waals surface area contributed by atoms with Crippen molar-refractivity contribution in [2.75, 3.05) is 5.75 Å². The van der Waals surface area contributed by atoms with Gasteiger partial charge in [-0.25, -0.2) is 0 Å². The predicted molar refractivity (Wildman–Crippen MR) is 67.9 cm³/mol. The number of thiol groups is 1. The lowest BCUT2D eigenvalue weighted by molar-refractivity contribution is -0.140. The number of aliphatic carboxylic acids is 1. The highest BCUT2D eigenvalue weighted by Gasteiger charge is 2.52. The van der Waals surface area contributed by atoms with E-state index in [1.54, 1.807) is 0 Å². The van der Waals surface area contributed by atoms with Gasteiger partial charge in [-0.2, -0.15) is 12.6 Å². The summed E-state index contributed by atoms with van der Waals surface area (Å²) in [6.45, 7) is 0. The Balaban J connectivity index is 2.41. The van der Waals surface area contributed by atoms with Gasteiger partial charge in [-0.05, 0) is 24.0 Å². The van der Waals surface area contributed by atoms with E-state index in [-0.39, 0.29) is 0 Å². The molecule has 16 heavy (non-hydrogen) atoms. The van der Waals surface area contributed by atoms with Gasteiger partial charge in [0.25, 0.3) is 0 Å². The number of rotatable bonds is 4. The molecular weight excluding hydrogens is 220 g/mol. The Kier molecular flexibility index (Phi) is 3.06. The predicted octanol–water partition coefficient (Wildman–Crippen LogP) is 2.75. The van der Waals surface area contributed by atoms with Gasteiger partial charge in [0.2, 0.25) is 0 Å². The number of carboxylic acid groups (broad SMARTS) is 1. The molecule has 0 unspecified atom stereocenters. The Morgan fingerprint density at radius 2 is 2.12 bits per heavy atom. The summed E-state index contributed by atoms with van der Waals surface area (Å²) in [6.07, 6.45) is 5.37. The van der Waals surface area contributed by atoms with Crippen LogP contribution in [0.2, 0.25) is 0 Å². The fraction of sp³-hybridized carbons (Fsp3) is 0.308. The van der Waals surface area contributed by atoms with Crippen LogP contribution < -0.4 is 0 Å². The number of carbonyl (C=O) groups is 1. The summed E-state index contributed by atoms with van der Waals surface area (Å²) in [6, 6.07) is 7.70. The van der Waals surface area contributed by atoms with E-state index in [2.05, 4.69) is 12.6 Å². The van der Waals surface area contributed by atoms with Gasteiger partial charge in [0.15, 0.2) is 0 Å². The first-order chi connectivity index (χ1) is 7.70. The lowest BCUT2D eigenvalue weighted by Gasteiger charge is -2.13. The molecule has 1 aliphatic rings. The number of carboxylic acids is 1. The minimum atomic E-state index is -0.709. The van der Waals surface area contributed by atoms with Crippen LogP contribution in [0.3, 0.4) is 0 Å². The van der Waals surface area contributed by atoms with Crippen molar-refractivity contribution in [1.29, 1.82) is 0 Å². The fourth-order valence-electron chi connectivity index (χ4n) is 1.98. The Bertz CT molecular complexity index is 433. The monoisotopic (exact) mass is 234 g/mol. The van der Waals surface area contributed by atoms with Crippen molar-refractivity contribution in [3.8, 4) is 0 Å². The van der Waals surface area contributed by atoms with Crippen LogP contribution in [0.4, 0.5) is 0 Å². The average molecular weight is 234 g/mol. The van der Waals surface area contributed by atoms with Crippen LogP contribution in [0.5, 0.6) is 0 Å². The molecule has 2 rings (SSSR count). The van der Waals surface area contributed by atoms with Crippen LogP contribution in [0, 0.1) is 0 Å². The zero-order valence-electron chi connectivity index (χ0n) is 8.89. The molecule has 0 saturated heterocycles. The third kappa shape index (κ3) is 1.87. The summed E-state index contributed by atoms with van der Waals surface area (Å²) >= 11 is 4.11. The number of benzene rings is 1. The van der Waals surface area contributed by atoms with E-state index in [1.165, 1.54) is 0 Å². The van der Waals surface area contributed by atoms with Crippen LogP contribution in [0.25, 0.3) is 6.08 Å². The molecule has 0 atom stereocenters. The first-order valence-corrected chi connectivity index (χ1v) is 5.94. The van der Waals surface area contributed by atoms with E-state index < -0.39 is 11.4 Å². The van der Waals surface area contributed by atoms with Crippen LogP contribution in [-0.2, 0) is 10.2 Å². The lowest BCUT2D eigenvalue weighted by Crippen LogP contribution is -2.20. The summed E-state index contributed by atoms with van der Waals surface area (Å²) in [5, 5.41) is 9.27. The Morgan fingerprint density at radius 1 is 1.44 bits per heavy atom. The van der Waals surface area contributed by atoms with Crippen molar-refractivity contribution in [3.05, 3.63) is 41.5 Å². The summed E-state index contributed by atoms with van der Waals surface area (Å²) in [5.74, 6) is -0.0479. The molecule has 0 bridgehead atoms. The third-order valence-electron chi connectivity index (χ3n) is 3.04. The first kappa shape index (κ1) is 11.3. The molecule has 0 aliphatic heterocycles. The molecule has 1 saturated carbocycles. The molecule has 84 valence electrons. The van der Waals surface area contributed by atoms with Crippen LogP contribution >= 0.6 is 12.6 Å². The molecule has 3 heteroatoms. The second-order valence-electron chi connectivity index (χ2n) is 4.06. The number of hydrogen-bond donors (Lipinski definition) is 2. The lowest BCUT2D eigenvalue weighted by atomic mass is 9.91. The van der Waals surface area contributed by atoms with E-state index in [0.717, 1.165) is 24.0 Å². The van der Waals surface area contributed by atoms with Crippen molar-refractivity contribution in [2.45, 2.75) is 18.3 Å². The van der Waals surface area contributed by atoms with Gasteiger partial charge < -0.3 is 5.11 Å². The maximum Gasteiger partial charge on any atom is 0.314 e. The average Bonchev–Trinajstić information content (AvgIpc) is 3.08. The molecule has 0 amide bonds. The topological polar surface area (TPSA) is 37.3 Å². The van der Waals surface area contributed by atoms with Crippen molar-refractivity contribution >= 4 is 24.7 Å². The molecule has 1 N–H and O–H groups in total. The molecule has 1 aliphatic carbocycles. The van der Waals surface area contributed by atoms with Crippen molar-refractivity contribution in [1.82, 2.24) is 0 Å². The molecule has 2 nitrogen and oxygen atoms in total. The third-order valence-corrected chi connectivity index (χ3v) is 3.25. The molecule has 0 radical (unpaired) electrons. The van der Waals surface area contributed by atoms with Crippen LogP contribution in [-0.4, -0.2) is 16.8 Å². The smallest absolute Gasteiger partial charge is 0.314 e. The molecule has 1 aromatic carbocycles. The van der Waals surface area contributed by atoms with Crippen molar-refractivity contribution in [2.24, 2.45) is 0 Å². The van der Waals surface area contributed by atoms with Crippen LogP contribution in [0.15, 0.2) is 30.3 Å². The van der Waals surface area contributed by atoms with Crippen molar-refractivity contribution < 1.29 is 9.90 Å². The van der Waals surface area contributed by atoms with Gasteiger partial charge in [-0.1, -0.05) is 36.4 Å². The van der Waals surface area contributed by atoms with E-state index >= 15 is 0 Å². The summed E-state index contributed by atoms with van der Waals surface area (Å²) in [7, 11) is 0. The minimum absolute atomic E-state index is 0.627. The second-order valence-corrected chi connectivity index (χ2v) is 4.42. The largest absolute Gasteiger partial charge is 0.481 e. The molecular formula is C13H14O2S. The Morgan fingerprint density at radius 3 is 2.69 bits per heavy atom. The van der Waals surface area contributed by atoms with E-state index in [4.69, 9.17) is 0 Å². The molecule has 0 aromatic heterocycles. The molecule has 0 heterocycles. The van der Waals surface area contributed by atoms with Crippen molar-refractivity contribution in [3.63, 3.8) is 0 Å². The summed E-state index contributed by atoms with van der Waals surface area (Å²) in [5.41, 5.74) is 1.30. The summed E-state index contributed by atoms with van der Waals surface area (Å²) in [4.78, 5) is 11.3. The van der Waals surface area contributed by atoms with E-state index in [0.29, 0.717) is 5.75 Å². The normalized spacial score (nSPS) is 17.6. The van der Waals surface area contributed by atoms with Gasteiger partial charge in [0.05, 0.1) is 5.41 Å². The highest BCUT2D eigenvalue weighted by molar-refractivity contribution is 7.80. The SMILES string of the molecule is O=C(O)C1(c2ccccc2C=CCS)CC1. The fourth-order valence-corrected chi connectivity index (χ4v) is 2.09. The Hall–Kier alpha value is -1.22. The van der Waals surface area contributed by atoms with Crippen LogP contribution in [0.1, 0.15) is 24.0 Å². The van der Waals surface area contributed by atoms with Gasteiger partial charge >= 0.3 is 5.97 Å². The molecule has 1 fully saturated rings. The van der Waals surface area contributed by atoms with E-state index in [1.807, 2.05) is 36.4 Å². The minimum Gasteiger partial charge on any atom is -0.481 e. The maximum absolute atomic E-state index is 11.3. The molecule has 0 spiro atoms. The van der Waals surface area contributed by atoms with E-state index in [9.17, 15) is 9.90 Å². The van der Waals surface area contributed by atoms with Gasteiger partial charge in [0, 0.05) is 5.75 Å². The summed E-state index contributed by atoms with van der Waals surface area (Å²) < 4.78 is 0. The number of hydrogen-bond acceptors (Lipinski definition) is 2. The van der Waals surface area contributed by atoms with Gasteiger partial charge in [-0.3, -0.25) is 4.79 Å². The Labute approximate surface area is 100 Å². The highest BCUT2D eigenvalue weighted by Crippen LogP contribution is 2.49. The zero-order valence-corrected chi connectivity index (χ0v) is 9.78. The maximum atomic E-state index is 11.3. The second kappa shape index (κ2) is 4.34. The quantitative estimate of drug-likeness (QED) is 0.786. The zero-order chi connectivity index (χ0) is 11.6. The first-order valence-electron chi connectivity index (χ1n) is 5.31. The van der Waals surface area contributed by atoms with Gasteiger partial charge in [0.1, 0.15) is 0 Å². The standard InChI is InChI=1S/C13H14O2S/c14-12(15)13(7-8-13)11-6-2-1-4-10(11)5-3-9-16/h1-6,16H,7-9H2,(H,14,15). The molecule has 1 aromatic rings.